The third kappa shape index (κ3) is 4.83. The van der Waals surface area contributed by atoms with E-state index < -0.39 is 0 Å². The maximum atomic E-state index is 12.3. The van der Waals surface area contributed by atoms with Gasteiger partial charge in [0.15, 0.2) is 5.16 Å². The number of rotatable bonds is 8. The Hall–Kier alpha value is -2.46. The Morgan fingerprint density at radius 1 is 1.44 bits per heavy atom. The number of amides is 1. The number of aromatic amines is 1. The number of anilines is 1. The van der Waals surface area contributed by atoms with Gasteiger partial charge in [-0.25, -0.2) is 9.89 Å². The first-order chi connectivity index (χ1) is 13.1. The molecule has 3 rings (SSSR count). The number of carbonyl (C=O) groups excluding carboxylic acids is 1. The van der Waals surface area contributed by atoms with E-state index in [-0.39, 0.29) is 23.5 Å². The molecule has 0 aliphatic carbocycles. The number of aromatic nitrogens is 3. The second kappa shape index (κ2) is 8.96. The van der Waals surface area contributed by atoms with Crippen molar-refractivity contribution in [1.82, 2.24) is 14.8 Å². The number of carbonyl (C=O) groups is 1. The highest BCUT2D eigenvalue weighted by molar-refractivity contribution is 7.99. The van der Waals surface area contributed by atoms with Gasteiger partial charge < -0.3 is 19.5 Å². The van der Waals surface area contributed by atoms with Gasteiger partial charge in [0.1, 0.15) is 11.5 Å². The van der Waals surface area contributed by atoms with Crippen molar-refractivity contribution in [3.63, 3.8) is 0 Å². The summed E-state index contributed by atoms with van der Waals surface area (Å²) >= 11 is 1.18. The molecule has 2 aromatic rings. The van der Waals surface area contributed by atoms with Gasteiger partial charge in [-0.05, 0) is 25.0 Å². The maximum absolute atomic E-state index is 12.3. The quantitative estimate of drug-likeness (QED) is 0.653. The first kappa shape index (κ1) is 19.3. The van der Waals surface area contributed by atoms with Crippen LogP contribution in [-0.2, 0) is 16.1 Å². The van der Waals surface area contributed by atoms with Crippen molar-refractivity contribution >= 4 is 23.4 Å². The molecule has 1 aliphatic heterocycles. The summed E-state index contributed by atoms with van der Waals surface area (Å²) in [5, 5.41) is 9.69. The van der Waals surface area contributed by atoms with Gasteiger partial charge >= 0.3 is 5.69 Å². The Labute approximate surface area is 160 Å². The minimum atomic E-state index is -0.303. The van der Waals surface area contributed by atoms with E-state index in [1.54, 1.807) is 25.3 Å². The van der Waals surface area contributed by atoms with E-state index >= 15 is 0 Å². The zero-order valence-corrected chi connectivity index (χ0v) is 16.0. The smallest absolute Gasteiger partial charge is 0.344 e. The molecule has 2 heterocycles. The molecule has 27 heavy (non-hydrogen) atoms. The number of hydrogen-bond acceptors (Lipinski definition) is 7. The summed E-state index contributed by atoms with van der Waals surface area (Å²) in [4.78, 5) is 24.3. The third-order valence-electron chi connectivity index (χ3n) is 4.15. The van der Waals surface area contributed by atoms with E-state index in [2.05, 4.69) is 15.5 Å². The molecule has 2 N–H and O–H groups in total. The summed E-state index contributed by atoms with van der Waals surface area (Å²) < 4.78 is 17.5. The van der Waals surface area contributed by atoms with Crippen LogP contribution in [0.15, 0.2) is 28.2 Å². The molecule has 1 amide bonds. The minimum absolute atomic E-state index is 0.00882. The summed E-state index contributed by atoms with van der Waals surface area (Å²) in [7, 11) is 3.08. The number of H-pyrrole nitrogens is 1. The predicted molar refractivity (Wildman–Crippen MR) is 101 cm³/mol. The van der Waals surface area contributed by atoms with E-state index in [0.717, 1.165) is 12.8 Å². The van der Waals surface area contributed by atoms with Gasteiger partial charge in [-0.3, -0.25) is 9.36 Å². The molecule has 9 nitrogen and oxygen atoms in total. The van der Waals surface area contributed by atoms with Crippen molar-refractivity contribution in [3.05, 3.63) is 28.7 Å². The average molecular weight is 394 g/mol. The summed E-state index contributed by atoms with van der Waals surface area (Å²) in [6, 6.07) is 5.15. The van der Waals surface area contributed by atoms with Crippen LogP contribution in [0.1, 0.15) is 12.8 Å². The molecular weight excluding hydrogens is 372 g/mol. The molecule has 10 heteroatoms. The van der Waals surface area contributed by atoms with Gasteiger partial charge in [-0.15, -0.1) is 5.10 Å². The fourth-order valence-corrected chi connectivity index (χ4v) is 3.55. The normalized spacial score (nSPS) is 16.3. The molecule has 0 saturated carbocycles. The monoisotopic (exact) mass is 394 g/mol. The number of hydrogen-bond donors (Lipinski definition) is 2. The van der Waals surface area contributed by atoms with Gasteiger partial charge in [-0.1, -0.05) is 11.8 Å². The van der Waals surface area contributed by atoms with Crippen LogP contribution in [0, 0.1) is 0 Å². The van der Waals surface area contributed by atoms with E-state index in [1.165, 1.54) is 23.4 Å². The van der Waals surface area contributed by atoms with E-state index in [9.17, 15) is 9.59 Å². The van der Waals surface area contributed by atoms with Crippen LogP contribution >= 0.6 is 11.8 Å². The number of benzene rings is 1. The van der Waals surface area contributed by atoms with Gasteiger partial charge in [-0.2, -0.15) is 0 Å². The fraction of sp³-hybridized carbons (Fsp3) is 0.471. The van der Waals surface area contributed by atoms with Gasteiger partial charge in [0.2, 0.25) is 5.91 Å². The SMILES string of the molecule is COc1ccc(OC)c(NC(=O)CSc2n[nH]c(=O)n2CC2CCCO2)c1. The average Bonchev–Trinajstić information content (AvgIpc) is 3.31. The molecule has 0 radical (unpaired) electrons. The lowest BCUT2D eigenvalue weighted by molar-refractivity contribution is -0.113. The van der Waals surface area contributed by atoms with Crippen LogP contribution < -0.4 is 20.5 Å². The summed E-state index contributed by atoms with van der Waals surface area (Å²) in [5.41, 5.74) is 0.212. The van der Waals surface area contributed by atoms with Crippen LogP contribution in [0.2, 0.25) is 0 Å². The zero-order chi connectivity index (χ0) is 19.2. The Kier molecular flexibility index (Phi) is 6.40. The Morgan fingerprint density at radius 3 is 3.00 bits per heavy atom. The summed E-state index contributed by atoms with van der Waals surface area (Å²) in [6.07, 6.45) is 1.91. The Balaban J connectivity index is 1.62. The predicted octanol–water partition coefficient (Wildman–Crippen LogP) is 1.50. The van der Waals surface area contributed by atoms with Crippen molar-refractivity contribution < 1.29 is 19.0 Å². The highest BCUT2D eigenvalue weighted by atomic mass is 32.2. The van der Waals surface area contributed by atoms with Crippen LogP contribution in [-0.4, -0.2) is 53.4 Å². The molecule has 1 aliphatic rings. The van der Waals surface area contributed by atoms with Crippen LogP contribution in [0.25, 0.3) is 0 Å². The van der Waals surface area contributed by atoms with Gasteiger partial charge in [0, 0.05) is 12.7 Å². The molecule has 146 valence electrons. The molecule has 1 fully saturated rings. The fourth-order valence-electron chi connectivity index (χ4n) is 2.79. The van der Waals surface area contributed by atoms with Crippen molar-refractivity contribution in [2.24, 2.45) is 0 Å². The lowest BCUT2D eigenvalue weighted by Gasteiger charge is -2.12. The number of ether oxygens (including phenoxy) is 3. The lowest BCUT2D eigenvalue weighted by atomic mass is 10.2. The van der Waals surface area contributed by atoms with Crippen molar-refractivity contribution in [2.45, 2.75) is 30.6 Å². The van der Waals surface area contributed by atoms with E-state index in [1.807, 2.05) is 0 Å². The molecule has 1 saturated heterocycles. The van der Waals surface area contributed by atoms with Crippen molar-refractivity contribution in [1.29, 1.82) is 0 Å². The van der Waals surface area contributed by atoms with Crippen molar-refractivity contribution in [3.8, 4) is 11.5 Å². The number of nitrogens with one attached hydrogen (secondary N) is 2. The molecule has 1 aromatic heterocycles. The standard InChI is InChI=1S/C17H22N4O5S/c1-24-11-5-6-14(25-2)13(8-11)18-15(22)10-27-17-20-19-16(23)21(17)9-12-4-3-7-26-12/h5-6,8,12H,3-4,7,9-10H2,1-2H3,(H,18,22)(H,19,23). The first-order valence-electron chi connectivity index (χ1n) is 8.52. The topological polar surface area (TPSA) is 107 Å². The van der Waals surface area contributed by atoms with Crippen LogP contribution in [0.5, 0.6) is 11.5 Å². The number of nitrogens with zero attached hydrogens (tertiary/aromatic N) is 2. The largest absolute Gasteiger partial charge is 0.497 e. The van der Waals surface area contributed by atoms with Crippen LogP contribution in [0.4, 0.5) is 5.69 Å². The Morgan fingerprint density at radius 2 is 2.30 bits per heavy atom. The molecule has 1 atom stereocenters. The molecule has 0 bridgehead atoms. The lowest BCUT2D eigenvalue weighted by Crippen LogP contribution is -2.25. The third-order valence-corrected chi connectivity index (χ3v) is 5.12. The number of methoxy groups -OCH3 is 2. The van der Waals surface area contributed by atoms with Crippen molar-refractivity contribution in [2.75, 3.05) is 31.9 Å². The highest BCUT2D eigenvalue weighted by Gasteiger charge is 2.20. The van der Waals surface area contributed by atoms with Gasteiger partial charge in [0.25, 0.3) is 0 Å². The molecule has 0 spiro atoms. The summed E-state index contributed by atoms with van der Waals surface area (Å²) in [5.74, 6) is 0.988. The van der Waals surface area contributed by atoms with Crippen LogP contribution in [0.3, 0.4) is 0 Å². The zero-order valence-electron chi connectivity index (χ0n) is 15.2. The highest BCUT2D eigenvalue weighted by Crippen LogP contribution is 2.29. The van der Waals surface area contributed by atoms with E-state index in [4.69, 9.17) is 14.2 Å². The Bertz CT molecular complexity index is 844. The molecular formula is C17H22N4O5S. The van der Waals surface area contributed by atoms with E-state index in [0.29, 0.717) is 35.5 Å². The molecule has 1 aromatic carbocycles. The minimum Gasteiger partial charge on any atom is -0.497 e. The molecule has 1 unspecified atom stereocenters. The van der Waals surface area contributed by atoms with Gasteiger partial charge in [0.05, 0.1) is 38.3 Å². The first-order valence-corrected chi connectivity index (χ1v) is 9.50. The second-order valence-electron chi connectivity index (χ2n) is 5.96. The second-order valence-corrected chi connectivity index (χ2v) is 6.90. The maximum Gasteiger partial charge on any atom is 0.344 e. The summed E-state index contributed by atoms with van der Waals surface area (Å²) in [6.45, 7) is 1.15. The number of thioether (sulfide) groups is 1.